The molecule has 13 heteroatoms. The van der Waals surface area contributed by atoms with Gasteiger partial charge in [-0.05, 0) is 18.2 Å². The van der Waals surface area contributed by atoms with Crippen LogP contribution in [0.1, 0.15) is 23.9 Å². The topological polar surface area (TPSA) is 157 Å². The van der Waals surface area contributed by atoms with Crippen LogP contribution in [0.2, 0.25) is 0 Å². The second-order valence-corrected chi connectivity index (χ2v) is 6.41. The molecule has 0 fully saturated rings. The molecule has 33 heavy (non-hydrogen) atoms. The van der Waals surface area contributed by atoms with Gasteiger partial charge in [0.05, 0.1) is 30.1 Å². The molecule has 1 atom stereocenters. The maximum absolute atomic E-state index is 10.6. The van der Waals surface area contributed by atoms with E-state index in [1.165, 1.54) is 6.33 Å². The van der Waals surface area contributed by atoms with Crippen molar-refractivity contribution in [3.63, 3.8) is 0 Å². The van der Waals surface area contributed by atoms with Crippen LogP contribution in [0.3, 0.4) is 0 Å². The Hall–Kier alpha value is -4.78. The highest BCUT2D eigenvalue weighted by atomic mass is 19.4. The summed E-state index contributed by atoms with van der Waals surface area (Å²) in [6.07, 6.45) is 1.94. The number of nitrogens with one attached hydrogen (secondary N) is 1. The van der Waals surface area contributed by atoms with Gasteiger partial charge in [-0.25, -0.2) is 19.7 Å². The van der Waals surface area contributed by atoms with Crippen LogP contribution < -0.4 is 0 Å². The number of aromatic nitrogens is 6. The fourth-order valence-corrected chi connectivity index (χ4v) is 2.85. The van der Waals surface area contributed by atoms with Gasteiger partial charge in [0.1, 0.15) is 29.8 Å². The lowest BCUT2D eigenvalue weighted by molar-refractivity contribution is -0.192. The van der Waals surface area contributed by atoms with Crippen molar-refractivity contribution in [2.24, 2.45) is 0 Å². The van der Waals surface area contributed by atoms with Gasteiger partial charge in [-0.1, -0.05) is 6.07 Å². The summed E-state index contributed by atoms with van der Waals surface area (Å²) in [4.78, 5) is 24.8. The fourth-order valence-electron chi connectivity index (χ4n) is 2.85. The highest BCUT2D eigenvalue weighted by Gasteiger charge is 2.38. The standard InChI is InChI=1S/C18H12N8.C2HF3O2/c19-6-4-16(15-3-1-2-13(8-20)25-15)26-10-12(9-24-26)17-14-5-7-21-18(14)23-11-22-17;3-2(4,5)1(6)7/h1-3,5,7,9-11,16H,4H2,(H,21,22,23);(H,6,7). The molecule has 4 heterocycles. The van der Waals surface area contributed by atoms with Crippen LogP contribution in [0.4, 0.5) is 13.2 Å². The lowest BCUT2D eigenvalue weighted by Gasteiger charge is -2.13. The largest absolute Gasteiger partial charge is 0.490 e. The van der Waals surface area contributed by atoms with Gasteiger partial charge in [-0.2, -0.15) is 28.8 Å². The Morgan fingerprint density at radius 2 is 2.00 bits per heavy atom. The van der Waals surface area contributed by atoms with E-state index in [0.717, 1.165) is 22.3 Å². The van der Waals surface area contributed by atoms with Crippen molar-refractivity contribution in [1.29, 1.82) is 10.5 Å². The van der Waals surface area contributed by atoms with Crippen molar-refractivity contribution < 1.29 is 23.1 Å². The molecule has 10 nitrogen and oxygen atoms in total. The number of hydrogen-bond donors (Lipinski definition) is 2. The van der Waals surface area contributed by atoms with Crippen LogP contribution >= 0.6 is 0 Å². The van der Waals surface area contributed by atoms with Gasteiger partial charge >= 0.3 is 12.1 Å². The van der Waals surface area contributed by atoms with E-state index in [0.29, 0.717) is 11.4 Å². The normalized spacial score (nSPS) is 11.7. The average Bonchev–Trinajstić information content (AvgIpc) is 3.47. The number of nitriles is 2. The fraction of sp³-hybridized carbons (Fsp3) is 0.150. The highest BCUT2D eigenvalue weighted by Crippen LogP contribution is 2.27. The molecule has 4 aromatic heterocycles. The number of rotatable bonds is 4. The molecule has 0 amide bonds. The van der Waals surface area contributed by atoms with Crippen molar-refractivity contribution in [2.45, 2.75) is 18.6 Å². The Bertz CT molecular complexity index is 1360. The number of carbonyl (C=O) groups is 1. The monoisotopic (exact) mass is 454 g/mol. The number of aliphatic carboxylic acids is 1. The number of aromatic amines is 1. The summed E-state index contributed by atoms with van der Waals surface area (Å²) in [6.45, 7) is 0. The van der Waals surface area contributed by atoms with Crippen LogP contribution in [0, 0.1) is 22.7 Å². The Morgan fingerprint density at radius 1 is 1.24 bits per heavy atom. The molecule has 0 aliphatic carbocycles. The summed E-state index contributed by atoms with van der Waals surface area (Å²) >= 11 is 0. The molecule has 0 bridgehead atoms. The van der Waals surface area contributed by atoms with E-state index >= 15 is 0 Å². The first-order valence-corrected chi connectivity index (χ1v) is 9.11. The molecular weight excluding hydrogens is 441 g/mol. The van der Waals surface area contributed by atoms with E-state index in [9.17, 15) is 18.4 Å². The molecular formula is C20H13F3N8O2. The zero-order valence-electron chi connectivity index (χ0n) is 16.5. The Balaban J connectivity index is 0.000000383. The van der Waals surface area contributed by atoms with Crippen LogP contribution in [0.25, 0.3) is 22.3 Å². The minimum absolute atomic E-state index is 0.187. The highest BCUT2D eigenvalue weighted by molar-refractivity contribution is 5.89. The van der Waals surface area contributed by atoms with Gasteiger partial charge in [0.2, 0.25) is 0 Å². The van der Waals surface area contributed by atoms with Crippen molar-refractivity contribution in [3.05, 3.63) is 60.6 Å². The summed E-state index contributed by atoms with van der Waals surface area (Å²) < 4.78 is 33.4. The molecule has 0 aromatic carbocycles. The van der Waals surface area contributed by atoms with E-state index in [4.69, 9.17) is 15.2 Å². The summed E-state index contributed by atoms with van der Waals surface area (Å²) in [5, 5.41) is 30.7. The van der Waals surface area contributed by atoms with Gasteiger partial charge in [0.15, 0.2) is 0 Å². The third-order valence-corrected chi connectivity index (χ3v) is 4.30. The van der Waals surface area contributed by atoms with E-state index < -0.39 is 12.1 Å². The van der Waals surface area contributed by atoms with E-state index in [-0.39, 0.29) is 12.5 Å². The van der Waals surface area contributed by atoms with Gasteiger partial charge in [0.25, 0.3) is 0 Å². The minimum Gasteiger partial charge on any atom is -0.475 e. The molecule has 0 saturated heterocycles. The second-order valence-electron chi connectivity index (χ2n) is 6.41. The first kappa shape index (κ1) is 22.9. The van der Waals surface area contributed by atoms with E-state index in [1.54, 1.807) is 29.1 Å². The molecule has 1 unspecified atom stereocenters. The number of hydrogen-bond acceptors (Lipinski definition) is 7. The van der Waals surface area contributed by atoms with Gasteiger partial charge in [-0.15, -0.1) is 0 Å². The van der Waals surface area contributed by atoms with Gasteiger partial charge in [-0.3, -0.25) is 4.68 Å². The molecule has 166 valence electrons. The molecule has 0 saturated carbocycles. The molecule has 4 aromatic rings. The van der Waals surface area contributed by atoms with Crippen LogP contribution in [0.5, 0.6) is 0 Å². The number of pyridine rings is 1. The Kier molecular flexibility index (Phi) is 6.64. The second kappa shape index (κ2) is 9.57. The third-order valence-electron chi connectivity index (χ3n) is 4.30. The number of H-pyrrole nitrogens is 1. The third kappa shape index (κ3) is 5.29. The molecule has 0 radical (unpaired) electrons. The predicted molar refractivity (Wildman–Crippen MR) is 106 cm³/mol. The number of carboxylic acids is 1. The smallest absolute Gasteiger partial charge is 0.475 e. The first-order chi connectivity index (χ1) is 15.7. The number of halogens is 3. The van der Waals surface area contributed by atoms with E-state index in [2.05, 4.69) is 31.1 Å². The maximum Gasteiger partial charge on any atom is 0.490 e. The lowest BCUT2D eigenvalue weighted by atomic mass is 10.1. The van der Waals surface area contributed by atoms with E-state index in [1.807, 2.05) is 24.5 Å². The predicted octanol–water partition coefficient (Wildman–Crippen LogP) is 3.22. The average molecular weight is 454 g/mol. The van der Waals surface area contributed by atoms with Gasteiger partial charge < -0.3 is 10.1 Å². The van der Waals surface area contributed by atoms with Crippen LogP contribution in [-0.2, 0) is 4.79 Å². The molecule has 0 aliphatic heterocycles. The zero-order valence-corrected chi connectivity index (χ0v) is 16.5. The summed E-state index contributed by atoms with van der Waals surface area (Å²) in [5.41, 5.74) is 3.26. The van der Waals surface area contributed by atoms with Crippen LogP contribution in [0.15, 0.2) is 49.2 Å². The van der Waals surface area contributed by atoms with Crippen LogP contribution in [-0.4, -0.2) is 47.0 Å². The molecule has 0 spiro atoms. The van der Waals surface area contributed by atoms with Gasteiger partial charge in [0, 0.05) is 23.3 Å². The lowest BCUT2D eigenvalue weighted by Crippen LogP contribution is -2.21. The maximum atomic E-state index is 10.6. The Morgan fingerprint density at radius 3 is 2.67 bits per heavy atom. The quantitative estimate of drug-likeness (QED) is 0.476. The Labute approximate surface area is 183 Å². The first-order valence-electron chi connectivity index (χ1n) is 9.11. The summed E-state index contributed by atoms with van der Waals surface area (Å²) in [6, 6.07) is 10.9. The molecule has 4 rings (SSSR count). The SMILES string of the molecule is N#CCC(c1cccc(C#N)n1)n1cc(-c2ncnc3[nH]ccc23)cn1.O=C(O)C(F)(F)F. The van der Waals surface area contributed by atoms with Crippen molar-refractivity contribution in [1.82, 2.24) is 29.7 Å². The van der Waals surface area contributed by atoms with Crippen molar-refractivity contribution in [2.75, 3.05) is 0 Å². The molecule has 2 N–H and O–H groups in total. The molecule has 0 aliphatic rings. The number of alkyl halides is 3. The van der Waals surface area contributed by atoms with Crippen molar-refractivity contribution in [3.8, 4) is 23.4 Å². The number of fused-ring (bicyclic) bond motifs is 1. The number of nitrogens with zero attached hydrogens (tertiary/aromatic N) is 7. The summed E-state index contributed by atoms with van der Waals surface area (Å²) in [7, 11) is 0. The minimum atomic E-state index is -5.08. The summed E-state index contributed by atoms with van der Waals surface area (Å²) in [5.74, 6) is -2.76. The van der Waals surface area contributed by atoms with Crippen molar-refractivity contribution >= 4 is 17.0 Å². The number of carboxylic acid groups (broad SMARTS) is 1. The zero-order chi connectivity index (χ0) is 24.0.